The van der Waals surface area contributed by atoms with E-state index in [9.17, 15) is 31.9 Å². The molecule has 2 aromatic carbocycles. The number of nitrogens with one attached hydrogen (secondary N) is 3. The minimum absolute atomic E-state index is 0.0845. The third-order valence-corrected chi connectivity index (χ3v) is 5.79. The first-order chi connectivity index (χ1) is 15.2. The predicted molar refractivity (Wildman–Crippen MR) is 116 cm³/mol. The quantitative estimate of drug-likeness (QED) is 0.317. The fourth-order valence-corrected chi connectivity index (χ4v) is 3.40. The third-order valence-electron chi connectivity index (χ3n) is 4.46. The highest BCUT2D eigenvalue weighted by Gasteiger charge is 2.56. The number of hydrogen-bond donors (Lipinski definition) is 3. The average Bonchev–Trinajstić information content (AvgIpc) is 3.36. The van der Waals surface area contributed by atoms with Crippen LogP contribution in [-0.4, -0.2) is 27.4 Å². The second kappa shape index (κ2) is 9.17. The molecule has 0 saturated heterocycles. The summed E-state index contributed by atoms with van der Waals surface area (Å²) in [6.07, 6.45) is 0.251. The van der Waals surface area contributed by atoms with Gasteiger partial charge in [0, 0.05) is 5.69 Å². The van der Waals surface area contributed by atoms with Crippen molar-refractivity contribution in [2.24, 2.45) is 5.92 Å². The highest BCUT2D eigenvalue weighted by atomic mass is 35.5. The van der Waals surface area contributed by atoms with Crippen molar-refractivity contribution in [3.8, 4) is 0 Å². The van der Waals surface area contributed by atoms with Crippen LogP contribution >= 0.6 is 46.4 Å². The third kappa shape index (κ3) is 5.81. The Morgan fingerprint density at radius 1 is 1.03 bits per heavy atom. The molecule has 0 radical (unpaired) electrons. The fraction of sp³-hybridized carbons (Fsp3) is 0.211. The van der Waals surface area contributed by atoms with Crippen molar-refractivity contribution >= 4 is 81.2 Å². The van der Waals surface area contributed by atoms with Crippen LogP contribution in [0.5, 0.6) is 0 Å². The van der Waals surface area contributed by atoms with Crippen LogP contribution in [0.15, 0.2) is 30.3 Å². The van der Waals surface area contributed by atoms with Crippen molar-refractivity contribution in [2.45, 2.75) is 16.1 Å². The maximum atomic E-state index is 14.6. The Morgan fingerprint density at radius 2 is 1.67 bits per heavy atom. The fourth-order valence-electron chi connectivity index (χ4n) is 2.64. The van der Waals surface area contributed by atoms with Crippen LogP contribution in [0.1, 0.15) is 16.8 Å². The van der Waals surface area contributed by atoms with Crippen molar-refractivity contribution in [1.82, 2.24) is 0 Å². The van der Waals surface area contributed by atoms with Crippen LogP contribution in [-0.2, 0) is 9.59 Å². The molecule has 0 aromatic heterocycles. The Hall–Kier alpha value is -2.27. The first kappa shape index (κ1) is 25.4. The summed E-state index contributed by atoms with van der Waals surface area (Å²) in [5, 5.41) is 1.40. The molecular formula is C19H11Cl4F4N3O3. The molecule has 1 aliphatic rings. The Kier molecular flexibility index (Phi) is 7.05. The topological polar surface area (TPSA) is 87.3 Å². The number of rotatable bonds is 6. The number of benzene rings is 2. The van der Waals surface area contributed by atoms with E-state index < -0.39 is 56.4 Å². The lowest BCUT2D eigenvalue weighted by Crippen LogP contribution is -2.30. The van der Waals surface area contributed by atoms with Gasteiger partial charge in [-0.25, -0.2) is 8.78 Å². The van der Waals surface area contributed by atoms with E-state index in [4.69, 9.17) is 34.8 Å². The minimum atomic E-state index is -4.43. The zero-order valence-corrected chi connectivity index (χ0v) is 18.9. The van der Waals surface area contributed by atoms with Gasteiger partial charge in [0.2, 0.25) is 5.91 Å². The van der Waals surface area contributed by atoms with E-state index in [2.05, 4.69) is 22.2 Å². The SMILES string of the molecule is O=C(Nc1ccc(F)c(NC(=O)C(F)(F)Cl)c1F)c1cc(NC(=O)[C@H]2CC2(Cl)Cl)ccc1Cl. The molecule has 2 aromatic rings. The van der Waals surface area contributed by atoms with E-state index in [0.717, 1.165) is 6.07 Å². The molecule has 1 saturated carbocycles. The molecule has 1 fully saturated rings. The van der Waals surface area contributed by atoms with Gasteiger partial charge in [0.05, 0.1) is 22.2 Å². The molecule has 0 aliphatic heterocycles. The predicted octanol–water partition coefficient (Wildman–Crippen LogP) is 5.77. The van der Waals surface area contributed by atoms with Gasteiger partial charge >= 0.3 is 11.3 Å². The summed E-state index contributed by atoms with van der Waals surface area (Å²) in [6, 6.07) is 5.27. The Labute approximate surface area is 203 Å². The van der Waals surface area contributed by atoms with Crippen molar-refractivity contribution in [1.29, 1.82) is 0 Å². The van der Waals surface area contributed by atoms with Crippen LogP contribution in [0, 0.1) is 17.6 Å². The molecule has 176 valence electrons. The number of carbonyl (C=O) groups is 3. The maximum absolute atomic E-state index is 14.6. The molecule has 0 unspecified atom stereocenters. The van der Waals surface area contributed by atoms with E-state index >= 15 is 0 Å². The summed E-state index contributed by atoms with van der Waals surface area (Å²) >= 11 is 22.2. The standard InChI is InChI=1S/C19H11Cl4F4N3O3/c20-10-2-1-7(28-16(32)9-6-18(9,21)22)5-8(10)15(31)29-12-4-3-11(24)14(13(12)25)30-17(33)19(23,26)27/h1-5,9H,6H2,(H,28,32)(H,29,31)(H,30,33)/t9-/m1/s1. The molecule has 3 amide bonds. The lowest BCUT2D eigenvalue weighted by atomic mass is 10.1. The molecule has 0 bridgehead atoms. The first-order valence-electron chi connectivity index (χ1n) is 8.86. The largest absolute Gasteiger partial charge is 0.400 e. The van der Waals surface area contributed by atoms with Gasteiger partial charge in [0.1, 0.15) is 15.8 Å². The van der Waals surface area contributed by atoms with E-state index in [0.29, 0.717) is 6.07 Å². The van der Waals surface area contributed by atoms with Crippen LogP contribution in [0.3, 0.4) is 0 Å². The summed E-state index contributed by atoms with van der Waals surface area (Å²) in [4.78, 5) is 36.0. The molecule has 3 N–H and O–H groups in total. The molecule has 1 atom stereocenters. The van der Waals surface area contributed by atoms with E-state index in [1.54, 1.807) is 0 Å². The number of alkyl halides is 5. The van der Waals surface area contributed by atoms with Gasteiger partial charge in [-0.05, 0) is 48.4 Å². The molecular weight excluding hydrogens is 536 g/mol. The van der Waals surface area contributed by atoms with Crippen molar-refractivity contribution in [3.05, 3.63) is 52.6 Å². The zero-order valence-electron chi connectivity index (χ0n) is 15.9. The number of carbonyl (C=O) groups excluding carboxylic acids is 3. The summed E-state index contributed by atoms with van der Waals surface area (Å²) < 4.78 is 53.0. The van der Waals surface area contributed by atoms with Gasteiger partial charge in [-0.3, -0.25) is 14.4 Å². The molecule has 0 heterocycles. The molecule has 1 aliphatic carbocycles. The van der Waals surface area contributed by atoms with Gasteiger partial charge in [-0.2, -0.15) is 8.78 Å². The molecule has 33 heavy (non-hydrogen) atoms. The van der Waals surface area contributed by atoms with Crippen molar-refractivity contribution in [2.75, 3.05) is 16.0 Å². The van der Waals surface area contributed by atoms with Gasteiger partial charge in [0.15, 0.2) is 5.82 Å². The van der Waals surface area contributed by atoms with Crippen LogP contribution in [0.25, 0.3) is 0 Å². The smallest absolute Gasteiger partial charge is 0.326 e. The molecule has 0 spiro atoms. The normalized spacial score (nSPS) is 16.7. The molecule has 14 heteroatoms. The van der Waals surface area contributed by atoms with Gasteiger partial charge in [0.25, 0.3) is 5.91 Å². The van der Waals surface area contributed by atoms with E-state index in [-0.39, 0.29) is 22.7 Å². The summed E-state index contributed by atoms with van der Waals surface area (Å²) in [5.74, 6) is -7.24. The first-order valence-corrected chi connectivity index (χ1v) is 10.4. The van der Waals surface area contributed by atoms with Crippen LogP contribution in [0.4, 0.5) is 34.6 Å². The number of anilines is 3. The van der Waals surface area contributed by atoms with Crippen molar-refractivity contribution in [3.63, 3.8) is 0 Å². The summed E-state index contributed by atoms with van der Waals surface area (Å²) in [5.41, 5.74) is -1.97. The lowest BCUT2D eigenvalue weighted by molar-refractivity contribution is -0.130. The summed E-state index contributed by atoms with van der Waals surface area (Å²) in [6.45, 7) is 0. The second-order valence-electron chi connectivity index (χ2n) is 6.89. The van der Waals surface area contributed by atoms with Gasteiger partial charge in [-0.15, -0.1) is 23.2 Å². The average molecular weight is 547 g/mol. The van der Waals surface area contributed by atoms with Gasteiger partial charge in [-0.1, -0.05) is 11.6 Å². The van der Waals surface area contributed by atoms with Gasteiger partial charge < -0.3 is 16.0 Å². The second-order valence-corrected chi connectivity index (χ2v) is 9.32. The van der Waals surface area contributed by atoms with E-state index in [1.807, 2.05) is 0 Å². The Morgan fingerprint density at radius 3 is 2.24 bits per heavy atom. The zero-order chi connectivity index (χ0) is 24.7. The number of amides is 3. The Balaban J connectivity index is 1.80. The van der Waals surface area contributed by atoms with Crippen molar-refractivity contribution < 1.29 is 31.9 Å². The minimum Gasteiger partial charge on any atom is -0.326 e. The summed E-state index contributed by atoms with van der Waals surface area (Å²) in [7, 11) is 0. The van der Waals surface area contributed by atoms with Crippen LogP contribution < -0.4 is 16.0 Å². The number of hydrogen-bond acceptors (Lipinski definition) is 3. The Bertz CT molecular complexity index is 1160. The lowest BCUT2D eigenvalue weighted by Gasteiger charge is -2.14. The van der Waals surface area contributed by atoms with Crippen LogP contribution in [0.2, 0.25) is 5.02 Å². The van der Waals surface area contributed by atoms with E-state index in [1.165, 1.54) is 23.5 Å². The monoisotopic (exact) mass is 545 g/mol. The highest BCUT2D eigenvalue weighted by molar-refractivity contribution is 6.52. The molecule has 3 rings (SSSR count). The highest BCUT2D eigenvalue weighted by Crippen LogP contribution is 2.53. The molecule has 6 nitrogen and oxygen atoms in total. The maximum Gasteiger partial charge on any atom is 0.400 e. The number of halogens is 8.